The fourth-order valence-corrected chi connectivity index (χ4v) is 6.21. The smallest absolute Gasteiger partial charge is 0.310 e. The van der Waals surface area contributed by atoms with Gasteiger partial charge in [0.1, 0.15) is 11.4 Å². The summed E-state index contributed by atoms with van der Waals surface area (Å²) in [5.74, 6) is -0.134. The fourth-order valence-electron chi connectivity index (χ4n) is 5.08. The first-order valence-corrected chi connectivity index (χ1v) is 14.7. The number of carbonyl (C=O) groups excluding carboxylic acids is 3. The molecule has 2 aliphatic heterocycles. The molecule has 0 atom stereocenters. The molecule has 2 aromatic heterocycles. The highest BCUT2D eigenvalue weighted by molar-refractivity contribution is 9.10. The molecule has 0 spiro atoms. The van der Waals surface area contributed by atoms with E-state index in [4.69, 9.17) is 0 Å². The van der Waals surface area contributed by atoms with Crippen molar-refractivity contribution in [1.82, 2.24) is 13.9 Å². The standard InChI is InChI=1S/C26H28BrN5O5S/c1-25(2,27)12-16-14-31(38(5,36)37)20-10-17(6-7-18(16)20)32-23(34)26(3,4)30(24(32)35)13-15-8-9-28-22-19(15)11-21(33)29-22/h6-10,14H,11-13H2,1-5H3,(H,28,29,33). The van der Waals surface area contributed by atoms with Gasteiger partial charge in [0, 0.05) is 34.2 Å². The maximum Gasteiger partial charge on any atom is 0.332 e. The summed E-state index contributed by atoms with van der Waals surface area (Å²) < 4.78 is 26.2. The number of imide groups is 1. The molecule has 4 amide bonds. The number of halogens is 1. The van der Waals surface area contributed by atoms with Gasteiger partial charge in [0.15, 0.2) is 0 Å². The van der Waals surface area contributed by atoms with Crippen LogP contribution in [0.5, 0.6) is 0 Å². The number of amides is 4. The number of alkyl halides is 1. The summed E-state index contributed by atoms with van der Waals surface area (Å²) in [6, 6.07) is 6.21. The van der Waals surface area contributed by atoms with E-state index in [0.29, 0.717) is 23.3 Å². The van der Waals surface area contributed by atoms with Crippen LogP contribution in [-0.4, -0.2) is 56.2 Å². The van der Waals surface area contributed by atoms with Gasteiger partial charge < -0.3 is 10.2 Å². The number of fused-ring (bicyclic) bond motifs is 2. The third-order valence-electron chi connectivity index (χ3n) is 6.96. The lowest BCUT2D eigenvalue weighted by molar-refractivity contribution is -0.123. The second-order valence-electron chi connectivity index (χ2n) is 10.9. The highest BCUT2D eigenvalue weighted by Gasteiger charge is 2.52. The second-order valence-corrected chi connectivity index (χ2v) is 14.9. The molecule has 1 N–H and O–H groups in total. The molecule has 0 unspecified atom stereocenters. The van der Waals surface area contributed by atoms with E-state index < -0.39 is 27.5 Å². The van der Waals surface area contributed by atoms with Crippen LogP contribution in [0.25, 0.3) is 10.9 Å². The van der Waals surface area contributed by atoms with Gasteiger partial charge in [-0.2, -0.15) is 0 Å². The number of urea groups is 1. The van der Waals surface area contributed by atoms with Crippen LogP contribution in [0, 0.1) is 0 Å². The van der Waals surface area contributed by atoms with Gasteiger partial charge in [-0.05, 0) is 63.4 Å². The van der Waals surface area contributed by atoms with Gasteiger partial charge in [-0.25, -0.2) is 27.1 Å². The van der Waals surface area contributed by atoms with Gasteiger partial charge in [-0.1, -0.05) is 22.0 Å². The van der Waals surface area contributed by atoms with Crippen LogP contribution in [0.2, 0.25) is 0 Å². The van der Waals surface area contributed by atoms with Gasteiger partial charge in [0.2, 0.25) is 15.9 Å². The Balaban J connectivity index is 1.56. The SMILES string of the molecule is CC(C)(Br)Cc1cn(S(C)(=O)=O)c2cc(N3C(=O)N(Cc4ccnc5c4CC(=O)N5)C(C)(C)C3=O)ccc12. The Kier molecular flexibility index (Phi) is 5.99. The molecule has 1 fully saturated rings. The number of carbonyl (C=O) groups is 3. The van der Waals surface area contributed by atoms with Crippen molar-refractivity contribution < 1.29 is 22.8 Å². The number of rotatable bonds is 6. The van der Waals surface area contributed by atoms with E-state index in [1.807, 2.05) is 13.8 Å². The van der Waals surface area contributed by atoms with Crippen LogP contribution >= 0.6 is 15.9 Å². The quantitative estimate of drug-likeness (QED) is 0.339. The van der Waals surface area contributed by atoms with Crippen LogP contribution in [0.1, 0.15) is 44.4 Å². The van der Waals surface area contributed by atoms with Crippen molar-refractivity contribution in [2.24, 2.45) is 0 Å². The van der Waals surface area contributed by atoms with Crippen molar-refractivity contribution in [1.29, 1.82) is 0 Å². The summed E-state index contributed by atoms with van der Waals surface area (Å²) >= 11 is 3.62. The molecule has 0 radical (unpaired) electrons. The molecule has 0 aliphatic carbocycles. The Labute approximate surface area is 229 Å². The molecule has 5 rings (SSSR count). The van der Waals surface area contributed by atoms with Crippen LogP contribution < -0.4 is 10.2 Å². The van der Waals surface area contributed by atoms with Crippen LogP contribution in [0.15, 0.2) is 36.7 Å². The van der Waals surface area contributed by atoms with Crippen molar-refractivity contribution in [3.8, 4) is 0 Å². The third-order valence-corrected chi connectivity index (χ3v) is 8.26. The Bertz CT molecular complexity index is 1640. The summed E-state index contributed by atoms with van der Waals surface area (Å²) in [4.78, 5) is 46.0. The highest BCUT2D eigenvalue weighted by atomic mass is 79.9. The minimum Gasteiger partial charge on any atom is -0.310 e. The first kappa shape index (κ1) is 26.4. The minimum atomic E-state index is -3.65. The molecular formula is C26H28BrN5O5S. The Morgan fingerprint density at radius 1 is 1.13 bits per heavy atom. The Hall–Kier alpha value is -3.25. The predicted octanol–water partition coefficient (Wildman–Crippen LogP) is 3.80. The van der Waals surface area contributed by atoms with Crippen LogP contribution in [0.3, 0.4) is 0 Å². The zero-order valence-electron chi connectivity index (χ0n) is 21.7. The lowest BCUT2D eigenvalue weighted by atomic mass is 10.0. The minimum absolute atomic E-state index is 0.111. The maximum absolute atomic E-state index is 13.7. The van der Waals surface area contributed by atoms with Crippen molar-refractivity contribution in [3.05, 3.63) is 53.3 Å². The van der Waals surface area contributed by atoms with E-state index in [9.17, 15) is 22.8 Å². The number of hydrogen-bond donors (Lipinski definition) is 1. The summed E-state index contributed by atoms with van der Waals surface area (Å²) in [6.45, 7) is 7.44. The molecule has 1 saturated heterocycles. The van der Waals surface area contributed by atoms with E-state index >= 15 is 0 Å². The molecule has 4 heterocycles. The summed E-state index contributed by atoms with van der Waals surface area (Å²) in [6.07, 6.45) is 5.00. The summed E-state index contributed by atoms with van der Waals surface area (Å²) in [5, 5.41) is 3.43. The lowest BCUT2D eigenvalue weighted by Gasteiger charge is -2.28. The van der Waals surface area contributed by atoms with E-state index in [1.54, 1.807) is 50.5 Å². The molecule has 0 bridgehead atoms. The predicted molar refractivity (Wildman–Crippen MR) is 148 cm³/mol. The first-order valence-electron chi connectivity index (χ1n) is 12.0. The second kappa shape index (κ2) is 8.63. The summed E-state index contributed by atoms with van der Waals surface area (Å²) in [5.41, 5.74) is 1.77. The molecule has 0 saturated carbocycles. The average molecular weight is 603 g/mol. The molecular weight excluding hydrogens is 574 g/mol. The van der Waals surface area contributed by atoms with Gasteiger partial charge in [-0.15, -0.1) is 0 Å². The fraction of sp³-hybridized carbons (Fsp3) is 0.385. The van der Waals surface area contributed by atoms with Crippen molar-refractivity contribution >= 4 is 66.2 Å². The monoisotopic (exact) mass is 601 g/mol. The average Bonchev–Trinajstić information content (AvgIpc) is 3.40. The molecule has 10 nitrogen and oxygen atoms in total. The molecule has 200 valence electrons. The van der Waals surface area contributed by atoms with Crippen molar-refractivity contribution in [2.45, 2.75) is 56.9 Å². The lowest BCUT2D eigenvalue weighted by Crippen LogP contribution is -2.43. The van der Waals surface area contributed by atoms with Gasteiger partial charge in [-0.3, -0.25) is 9.59 Å². The van der Waals surface area contributed by atoms with E-state index in [2.05, 4.69) is 26.2 Å². The number of nitrogens with one attached hydrogen (secondary N) is 1. The number of hydrogen-bond acceptors (Lipinski definition) is 6. The zero-order valence-corrected chi connectivity index (χ0v) is 24.1. The number of aromatic nitrogens is 2. The van der Waals surface area contributed by atoms with Gasteiger partial charge in [0.05, 0.1) is 23.9 Å². The third kappa shape index (κ3) is 4.39. The molecule has 12 heteroatoms. The number of benzene rings is 1. The maximum atomic E-state index is 13.7. The topological polar surface area (TPSA) is 122 Å². The van der Waals surface area contributed by atoms with Gasteiger partial charge >= 0.3 is 6.03 Å². The Morgan fingerprint density at radius 2 is 1.84 bits per heavy atom. The normalized spacial score (nSPS) is 17.5. The van der Waals surface area contributed by atoms with Crippen molar-refractivity contribution in [3.63, 3.8) is 0 Å². The number of anilines is 2. The highest BCUT2D eigenvalue weighted by Crippen LogP contribution is 2.37. The molecule has 2 aliphatic rings. The molecule has 1 aromatic carbocycles. The Morgan fingerprint density at radius 3 is 2.50 bits per heavy atom. The van der Waals surface area contributed by atoms with E-state index in [0.717, 1.165) is 27.7 Å². The molecule has 3 aromatic rings. The summed E-state index contributed by atoms with van der Waals surface area (Å²) in [7, 11) is -3.65. The molecule has 38 heavy (non-hydrogen) atoms. The number of nitrogens with zero attached hydrogens (tertiary/aromatic N) is 4. The van der Waals surface area contributed by atoms with Gasteiger partial charge in [0.25, 0.3) is 5.91 Å². The van der Waals surface area contributed by atoms with E-state index in [1.165, 1.54) is 8.87 Å². The zero-order chi connectivity index (χ0) is 27.8. The van der Waals surface area contributed by atoms with E-state index in [-0.39, 0.29) is 28.9 Å². The largest absolute Gasteiger partial charge is 0.332 e. The van der Waals surface area contributed by atoms with Crippen LogP contribution in [0.4, 0.5) is 16.3 Å². The van der Waals surface area contributed by atoms with Crippen molar-refractivity contribution in [2.75, 3.05) is 16.5 Å². The number of pyridine rings is 1. The van der Waals surface area contributed by atoms with Crippen LogP contribution in [-0.2, 0) is 39.0 Å². The first-order chi connectivity index (χ1) is 17.6.